The normalized spacial score (nSPS) is 18.8. The van der Waals surface area contributed by atoms with E-state index in [4.69, 9.17) is 10.8 Å². The first kappa shape index (κ1) is 14.7. The van der Waals surface area contributed by atoms with Crippen molar-refractivity contribution in [2.75, 3.05) is 25.4 Å². The third kappa shape index (κ3) is 3.07. The van der Waals surface area contributed by atoms with Gasteiger partial charge in [0.2, 0.25) is 0 Å². The quantitative estimate of drug-likeness (QED) is 0.858. The molecule has 1 aromatic heterocycles. The Hall–Kier alpha value is -1.69. The molecule has 0 radical (unpaired) electrons. The van der Waals surface area contributed by atoms with Gasteiger partial charge in [0.15, 0.2) is 5.69 Å². The molecule has 110 valence electrons. The molecule has 0 bridgehead atoms. The smallest absolute Gasteiger partial charge is 0.274 e. The first-order chi connectivity index (χ1) is 9.52. The summed E-state index contributed by atoms with van der Waals surface area (Å²) in [6.45, 7) is 5.49. The number of nitrogens with two attached hydrogens (primary N) is 1. The number of aliphatic hydroxyl groups is 1. The fraction of sp³-hybridized carbons (Fsp3) is 0.643. The molecular weight excluding hydrogens is 256 g/mol. The van der Waals surface area contributed by atoms with Crippen molar-refractivity contribution in [3.8, 4) is 0 Å². The van der Waals surface area contributed by atoms with Crippen LogP contribution in [0.25, 0.3) is 0 Å². The van der Waals surface area contributed by atoms with Gasteiger partial charge in [-0.3, -0.25) is 4.79 Å². The molecule has 1 unspecified atom stereocenters. The van der Waals surface area contributed by atoms with Crippen molar-refractivity contribution in [1.29, 1.82) is 0 Å². The van der Waals surface area contributed by atoms with E-state index in [2.05, 4.69) is 9.97 Å². The second kappa shape index (κ2) is 6.17. The van der Waals surface area contributed by atoms with E-state index in [0.29, 0.717) is 36.2 Å². The number of hydrogen-bond acceptors (Lipinski definition) is 5. The van der Waals surface area contributed by atoms with Gasteiger partial charge in [0.05, 0.1) is 11.9 Å². The number of anilines is 1. The molecule has 0 aliphatic carbocycles. The van der Waals surface area contributed by atoms with Crippen molar-refractivity contribution in [1.82, 2.24) is 14.9 Å². The Morgan fingerprint density at radius 1 is 1.60 bits per heavy atom. The number of carbonyl (C=O) groups is 1. The number of likely N-dealkylation sites (tertiary alicyclic amines) is 1. The van der Waals surface area contributed by atoms with Gasteiger partial charge in [-0.25, -0.2) is 9.97 Å². The summed E-state index contributed by atoms with van der Waals surface area (Å²) in [7, 11) is 0. The number of aromatic nitrogens is 2. The topological polar surface area (TPSA) is 92.3 Å². The number of hydrogen-bond donors (Lipinski definition) is 2. The average Bonchev–Trinajstić information content (AvgIpc) is 2.87. The lowest BCUT2D eigenvalue weighted by Gasteiger charge is -2.17. The van der Waals surface area contributed by atoms with E-state index in [1.54, 1.807) is 4.90 Å². The highest BCUT2D eigenvalue weighted by Gasteiger charge is 2.28. The number of carbonyl (C=O) groups excluding carboxylic acids is 1. The first-order valence-corrected chi connectivity index (χ1v) is 7.05. The fourth-order valence-corrected chi connectivity index (χ4v) is 2.44. The van der Waals surface area contributed by atoms with Gasteiger partial charge in [-0.2, -0.15) is 0 Å². The van der Waals surface area contributed by atoms with Crippen LogP contribution in [-0.4, -0.2) is 45.6 Å². The van der Waals surface area contributed by atoms with Gasteiger partial charge < -0.3 is 15.7 Å². The number of aliphatic hydroxyl groups excluding tert-OH is 1. The SMILES string of the molecule is CC(C)c1ncc(N)c(C(=O)N2CCC(CCO)C2)n1. The lowest BCUT2D eigenvalue weighted by Crippen LogP contribution is -2.30. The minimum atomic E-state index is -0.132. The maximum atomic E-state index is 12.5. The molecule has 1 aliphatic heterocycles. The molecule has 20 heavy (non-hydrogen) atoms. The molecule has 6 heteroatoms. The van der Waals surface area contributed by atoms with Crippen molar-refractivity contribution in [2.45, 2.75) is 32.6 Å². The van der Waals surface area contributed by atoms with Crippen LogP contribution in [-0.2, 0) is 0 Å². The van der Waals surface area contributed by atoms with Gasteiger partial charge in [0, 0.05) is 25.6 Å². The van der Waals surface area contributed by atoms with Crippen LogP contribution in [0.3, 0.4) is 0 Å². The number of nitrogens with zero attached hydrogens (tertiary/aromatic N) is 3. The van der Waals surface area contributed by atoms with Crippen LogP contribution in [0.5, 0.6) is 0 Å². The summed E-state index contributed by atoms with van der Waals surface area (Å²) >= 11 is 0. The molecule has 2 rings (SSSR count). The monoisotopic (exact) mass is 278 g/mol. The van der Waals surface area contributed by atoms with E-state index >= 15 is 0 Å². The average molecular weight is 278 g/mol. The lowest BCUT2D eigenvalue weighted by atomic mass is 10.1. The largest absolute Gasteiger partial charge is 0.396 e. The zero-order chi connectivity index (χ0) is 14.7. The molecule has 3 N–H and O–H groups in total. The van der Waals surface area contributed by atoms with E-state index in [1.807, 2.05) is 13.8 Å². The minimum Gasteiger partial charge on any atom is -0.396 e. The van der Waals surface area contributed by atoms with Gasteiger partial charge in [0.1, 0.15) is 5.82 Å². The van der Waals surface area contributed by atoms with Gasteiger partial charge in [-0.15, -0.1) is 0 Å². The van der Waals surface area contributed by atoms with Crippen LogP contribution < -0.4 is 5.73 Å². The Kier molecular flexibility index (Phi) is 4.54. The highest BCUT2D eigenvalue weighted by Crippen LogP contribution is 2.22. The molecule has 6 nitrogen and oxygen atoms in total. The van der Waals surface area contributed by atoms with E-state index < -0.39 is 0 Å². The van der Waals surface area contributed by atoms with E-state index in [-0.39, 0.29) is 18.4 Å². The summed E-state index contributed by atoms with van der Waals surface area (Å²) in [5.41, 5.74) is 6.46. The third-order valence-electron chi connectivity index (χ3n) is 3.67. The summed E-state index contributed by atoms with van der Waals surface area (Å²) in [6.07, 6.45) is 3.17. The van der Waals surface area contributed by atoms with E-state index in [1.165, 1.54) is 6.20 Å². The molecule has 0 aromatic carbocycles. The van der Waals surface area contributed by atoms with Gasteiger partial charge in [-0.05, 0) is 18.8 Å². The standard InChI is InChI=1S/C14H22N4O2/c1-9(2)13-16-7-11(15)12(17-13)14(20)18-5-3-10(8-18)4-6-19/h7,9-10,19H,3-6,8,15H2,1-2H3. The Morgan fingerprint density at radius 3 is 3.00 bits per heavy atom. The lowest BCUT2D eigenvalue weighted by molar-refractivity contribution is 0.0779. The molecule has 2 heterocycles. The highest BCUT2D eigenvalue weighted by atomic mass is 16.3. The predicted molar refractivity (Wildman–Crippen MR) is 76.2 cm³/mol. The Bertz CT molecular complexity index is 490. The molecule has 1 saturated heterocycles. The second-order valence-corrected chi connectivity index (χ2v) is 5.61. The molecule has 1 atom stereocenters. The zero-order valence-electron chi connectivity index (χ0n) is 12.0. The van der Waals surface area contributed by atoms with Gasteiger partial charge >= 0.3 is 0 Å². The summed E-state index contributed by atoms with van der Waals surface area (Å²) < 4.78 is 0. The molecule has 1 fully saturated rings. The number of rotatable bonds is 4. The highest BCUT2D eigenvalue weighted by molar-refractivity contribution is 5.97. The van der Waals surface area contributed by atoms with Crippen molar-refractivity contribution in [3.63, 3.8) is 0 Å². The number of nitrogen functional groups attached to an aromatic ring is 1. The van der Waals surface area contributed by atoms with Crippen LogP contribution in [0, 0.1) is 5.92 Å². The molecular formula is C14H22N4O2. The fourth-order valence-electron chi connectivity index (χ4n) is 2.44. The Balaban J connectivity index is 2.15. The Labute approximate surface area is 119 Å². The van der Waals surface area contributed by atoms with Gasteiger partial charge in [-0.1, -0.05) is 13.8 Å². The van der Waals surface area contributed by atoms with Crippen molar-refractivity contribution in [3.05, 3.63) is 17.7 Å². The van der Waals surface area contributed by atoms with Crippen LogP contribution in [0.1, 0.15) is 48.9 Å². The molecule has 1 amide bonds. The van der Waals surface area contributed by atoms with Crippen LogP contribution >= 0.6 is 0 Å². The molecule has 1 aromatic rings. The van der Waals surface area contributed by atoms with Crippen LogP contribution in [0.4, 0.5) is 5.69 Å². The van der Waals surface area contributed by atoms with Crippen molar-refractivity contribution >= 4 is 11.6 Å². The zero-order valence-corrected chi connectivity index (χ0v) is 12.0. The summed E-state index contributed by atoms with van der Waals surface area (Å²) in [5.74, 6) is 1.03. The predicted octanol–water partition coefficient (Wildman–Crippen LogP) is 1.03. The summed E-state index contributed by atoms with van der Waals surface area (Å²) in [5, 5.41) is 8.97. The molecule has 0 spiro atoms. The third-order valence-corrected chi connectivity index (χ3v) is 3.67. The van der Waals surface area contributed by atoms with Crippen LogP contribution in [0.15, 0.2) is 6.20 Å². The Morgan fingerprint density at radius 2 is 2.35 bits per heavy atom. The maximum Gasteiger partial charge on any atom is 0.274 e. The number of amides is 1. The summed E-state index contributed by atoms with van der Waals surface area (Å²) in [4.78, 5) is 22.7. The molecule has 1 aliphatic rings. The van der Waals surface area contributed by atoms with Crippen molar-refractivity contribution < 1.29 is 9.90 Å². The first-order valence-electron chi connectivity index (χ1n) is 7.05. The minimum absolute atomic E-state index is 0.132. The van der Waals surface area contributed by atoms with E-state index in [9.17, 15) is 4.79 Å². The van der Waals surface area contributed by atoms with Crippen molar-refractivity contribution in [2.24, 2.45) is 5.92 Å². The summed E-state index contributed by atoms with van der Waals surface area (Å²) in [6, 6.07) is 0. The molecule has 0 saturated carbocycles. The van der Waals surface area contributed by atoms with Gasteiger partial charge in [0.25, 0.3) is 5.91 Å². The maximum absolute atomic E-state index is 12.5. The van der Waals surface area contributed by atoms with E-state index in [0.717, 1.165) is 12.8 Å². The second-order valence-electron chi connectivity index (χ2n) is 5.61. The van der Waals surface area contributed by atoms with Crippen LogP contribution in [0.2, 0.25) is 0 Å².